The summed E-state index contributed by atoms with van der Waals surface area (Å²) in [5, 5.41) is -0.227. The van der Waals surface area contributed by atoms with E-state index in [1.807, 2.05) is 63.2 Å². The zero-order valence-corrected chi connectivity index (χ0v) is 19.6. The third-order valence-electron chi connectivity index (χ3n) is 5.20. The number of amides is 2. The lowest BCUT2D eigenvalue weighted by Gasteiger charge is -2.19. The molecular formula is C26H29NO4S. The molecule has 1 saturated heterocycles. The van der Waals surface area contributed by atoms with Gasteiger partial charge in [0.05, 0.1) is 11.5 Å². The van der Waals surface area contributed by atoms with E-state index in [2.05, 4.69) is 6.58 Å². The highest BCUT2D eigenvalue weighted by Crippen LogP contribution is 2.38. The van der Waals surface area contributed by atoms with Crippen LogP contribution in [-0.2, 0) is 17.8 Å². The van der Waals surface area contributed by atoms with Gasteiger partial charge in [-0.15, -0.1) is 6.58 Å². The monoisotopic (exact) mass is 451 g/mol. The summed E-state index contributed by atoms with van der Waals surface area (Å²) >= 11 is 0.977. The van der Waals surface area contributed by atoms with Gasteiger partial charge in [0, 0.05) is 11.6 Å². The fourth-order valence-corrected chi connectivity index (χ4v) is 4.35. The Kier molecular flexibility index (Phi) is 8.17. The maximum Gasteiger partial charge on any atom is 0.293 e. The molecule has 1 atom stereocenters. The molecule has 0 radical (unpaired) electrons. The molecule has 168 valence electrons. The van der Waals surface area contributed by atoms with E-state index in [-0.39, 0.29) is 17.2 Å². The second-order valence-electron chi connectivity index (χ2n) is 7.52. The molecule has 5 nitrogen and oxygen atoms in total. The molecule has 2 amide bonds. The lowest BCUT2D eigenvalue weighted by atomic mass is 10.0. The predicted octanol–water partition coefficient (Wildman–Crippen LogP) is 6.23. The van der Waals surface area contributed by atoms with Crippen molar-refractivity contribution in [1.82, 2.24) is 4.90 Å². The van der Waals surface area contributed by atoms with Crippen LogP contribution in [-0.4, -0.2) is 28.7 Å². The van der Waals surface area contributed by atoms with Gasteiger partial charge < -0.3 is 9.47 Å². The van der Waals surface area contributed by atoms with Crippen molar-refractivity contribution in [3.8, 4) is 11.5 Å². The Bertz CT molecular complexity index is 1020. The molecule has 6 heteroatoms. The molecule has 2 aromatic rings. The van der Waals surface area contributed by atoms with E-state index >= 15 is 0 Å². The zero-order chi connectivity index (χ0) is 23.1. The average Bonchev–Trinajstić information content (AvgIpc) is 3.06. The van der Waals surface area contributed by atoms with E-state index in [1.54, 1.807) is 12.2 Å². The second-order valence-corrected chi connectivity index (χ2v) is 8.51. The zero-order valence-electron chi connectivity index (χ0n) is 18.8. The Hall–Kier alpha value is -2.99. The van der Waals surface area contributed by atoms with Crippen molar-refractivity contribution in [2.75, 3.05) is 6.61 Å². The number of thioether (sulfide) groups is 1. The van der Waals surface area contributed by atoms with Crippen molar-refractivity contribution in [3.05, 3.63) is 76.7 Å². The number of imide groups is 1. The quantitative estimate of drug-likeness (QED) is 0.317. The number of allylic oxidation sites excluding steroid dienone is 1. The van der Waals surface area contributed by atoms with Gasteiger partial charge in [0.1, 0.15) is 6.61 Å². The van der Waals surface area contributed by atoms with Crippen LogP contribution in [0.2, 0.25) is 0 Å². The Morgan fingerprint density at radius 2 is 1.88 bits per heavy atom. The van der Waals surface area contributed by atoms with Crippen LogP contribution >= 0.6 is 11.8 Å². The topological polar surface area (TPSA) is 55.8 Å². The predicted molar refractivity (Wildman–Crippen MR) is 130 cm³/mol. The molecular weight excluding hydrogens is 422 g/mol. The van der Waals surface area contributed by atoms with Crippen molar-refractivity contribution in [3.63, 3.8) is 0 Å². The average molecular weight is 452 g/mol. The number of carbonyl (C=O) groups is 2. The van der Waals surface area contributed by atoms with Gasteiger partial charge in [-0.1, -0.05) is 43.3 Å². The minimum absolute atomic E-state index is 0.127. The molecule has 1 aliphatic heterocycles. The Balaban J connectivity index is 1.95. The van der Waals surface area contributed by atoms with E-state index in [9.17, 15) is 9.59 Å². The minimum Gasteiger partial charge on any atom is -0.490 e. The third kappa shape index (κ3) is 5.43. The summed E-state index contributed by atoms with van der Waals surface area (Å²) in [4.78, 5) is 26.9. The van der Waals surface area contributed by atoms with Crippen molar-refractivity contribution in [1.29, 1.82) is 0 Å². The van der Waals surface area contributed by atoms with E-state index in [1.165, 1.54) is 4.90 Å². The first-order valence-electron chi connectivity index (χ1n) is 10.8. The van der Waals surface area contributed by atoms with Crippen LogP contribution in [0, 0.1) is 0 Å². The smallest absolute Gasteiger partial charge is 0.293 e. The van der Waals surface area contributed by atoms with Crippen molar-refractivity contribution >= 4 is 29.0 Å². The standard InChI is InChI=1S/C26H29NO4S/c1-5-11-21-14-20(16-23-25(28)27(18(4)6-2)26(29)32-23)15-22(30-7-3)24(21)31-17-19-12-9-8-10-13-19/h5,8-10,12-16,18H,1,6-7,11,17H2,2-4H3/b23-16+/t18-/m0/s1. The Morgan fingerprint density at radius 1 is 1.12 bits per heavy atom. The van der Waals surface area contributed by atoms with E-state index < -0.39 is 0 Å². The number of carbonyl (C=O) groups excluding carboxylic acids is 2. The summed E-state index contributed by atoms with van der Waals surface area (Å²) in [7, 11) is 0. The maximum absolute atomic E-state index is 12.8. The van der Waals surface area contributed by atoms with Gasteiger partial charge in [0.25, 0.3) is 11.1 Å². The third-order valence-corrected chi connectivity index (χ3v) is 6.08. The van der Waals surface area contributed by atoms with Gasteiger partial charge in [0.2, 0.25) is 0 Å². The van der Waals surface area contributed by atoms with Gasteiger partial charge in [-0.3, -0.25) is 14.5 Å². The highest BCUT2D eigenvalue weighted by molar-refractivity contribution is 8.18. The second kappa shape index (κ2) is 11.0. The van der Waals surface area contributed by atoms with E-state index in [0.29, 0.717) is 36.0 Å². The molecule has 0 saturated carbocycles. The molecule has 0 N–H and O–H groups in total. The Labute approximate surface area is 194 Å². The number of rotatable bonds is 10. The van der Waals surface area contributed by atoms with E-state index in [4.69, 9.17) is 9.47 Å². The molecule has 0 spiro atoms. The SMILES string of the molecule is C=CCc1cc(/C=C2/SC(=O)N([C@@H](C)CC)C2=O)cc(OCC)c1OCc1ccccc1. The Morgan fingerprint density at radius 3 is 2.53 bits per heavy atom. The van der Waals surface area contributed by atoms with Gasteiger partial charge in [0.15, 0.2) is 11.5 Å². The molecule has 1 aliphatic rings. The van der Waals surface area contributed by atoms with Crippen LogP contribution in [0.1, 0.15) is 43.9 Å². The van der Waals surface area contributed by atoms with Gasteiger partial charge >= 0.3 is 0 Å². The summed E-state index contributed by atoms with van der Waals surface area (Å²) in [5.74, 6) is 1.03. The molecule has 32 heavy (non-hydrogen) atoms. The van der Waals surface area contributed by atoms with Crippen LogP contribution in [0.3, 0.4) is 0 Å². The highest BCUT2D eigenvalue weighted by Gasteiger charge is 2.37. The van der Waals surface area contributed by atoms with E-state index in [0.717, 1.165) is 34.9 Å². The lowest BCUT2D eigenvalue weighted by molar-refractivity contribution is -0.124. The van der Waals surface area contributed by atoms with Gasteiger partial charge in [-0.25, -0.2) is 0 Å². The summed E-state index contributed by atoms with van der Waals surface area (Å²) in [6.07, 6.45) is 4.86. The maximum atomic E-state index is 12.8. The van der Waals surface area contributed by atoms with Crippen LogP contribution in [0.5, 0.6) is 11.5 Å². The van der Waals surface area contributed by atoms with Crippen molar-refractivity contribution in [2.24, 2.45) is 0 Å². The number of hydrogen-bond donors (Lipinski definition) is 0. The largest absolute Gasteiger partial charge is 0.490 e. The van der Waals surface area contributed by atoms with Crippen molar-refractivity contribution in [2.45, 2.75) is 46.3 Å². The number of nitrogens with zero attached hydrogens (tertiary/aromatic N) is 1. The highest BCUT2D eigenvalue weighted by atomic mass is 32.2. The van der Waals surface area contributed by atoms with Crippen LogP contribution in [0.4, 0.5) is 4.79 Å². The van der Waals surface area contributed by atoms with Gasteiger partial charge in [-0.05, 0) is 67.8 Å². The molecule has 1 fully saturated rings. The first kappa shape index (κ1) is 23.7. The van der Waals surface area contributed by atoms with Crippen LogP contribution < -0.4 is 9.47 Å². The summed E-state index contributed by atoms with van der Waals surface area (Å²) in [6.45, 7) is 10.5. The fraction of sp³-hybridized carbons (Fsp3) is 0.308. The van der Waals surface area contributed by atoms with Crippen LogP contribution in [0.15, 0.2) is 60.0 Å². The summed E-state index contributed by atoms with van der Waals surface area (Å²) < 4.78 is 12.0. The normalized spacial score (nSPS) is 15.8. The molecule has 0 bridgehead atoms. The van der Waals surface area contributed by atoms with Gasteiger partial charge in [-0.2, -0.15) is 0 Å². The summed E-state index contributed by atoms with van der Waals surface area (Å²) in [5.41, 5.74) is 2.75. The summed E-state index contributed by atoms with van der Waals surface area (Å²) in [6, 6.07) is 13.6. The number of benzene rings is 2. The molecule has 3 rings (SSSR count). The molecule has 2 aromatic carbocycles. The molecule has 0 aromatic heterocycles. The first-order chi connectivity index (χ1) is 15.5. The van der Waals surface area contributed by atoms with Crippen LogP contribution in [0.25, 0.3) is 6.08 Å². The molecule has 0 unspecified atom stereocenters. The molecule has 0 aliphatic carbocycles. The molecule has 1 heterocycles. The number of ether oxygens (including phenoxy) is 2. The van der Waals surface area contributed by atoms with Crippen molar-refractivity contribution < 1.29 is 19.1 Å². The first-order valence-corrected chi connectivity index (χ1v) is 11.6. The lowest BCUT2D eigenvalue weighted by Crippen LogP contribution is -2.36. The fourth-order valence-electron chi connectivity index (χ4n) is 3.42. The number of hydrogen-bond acceptors (Lipinski definition) is 5. The minimum atomic E-state index is -0.248.